The Morgan fingerprint density at radius 1 is 1.14 bits per heavy atom. The molecule has 1 amide bonds. The van der Waals surface area contributed by atoms with E-state index in [-0.39, 0.29) is 17.3 Å². The van der Waals surface area contributed by atoms with Crippen molar-refractivity contribution in [3.05, 3.63) is 87.7 Å². The monoisotopic (exact) mass is 490 g/mol. The molecular weight excluding hydrogens is 468 g/mol. The number of rotatable bonds is 6. The fourth-order valence-electron chi connectivity index (χ4n) is 3.56. The van der Waals surface area contributed by atoms with Gasteiger partial charge in [-0.1, -0.05) is 30.0 Å². The molecule has 0 radical (unpaired) electrons. The Labute approximate surface area is 204 Å². The SMILES string of the molecule is COC(=O)[C@@H](NC(=O)c1ccc(Sc2c(C)ccc3nc(N)[nH]c(=O)c23)cc1)c1cccc(O)c1. The number of H-pyrrole nitrogens is 1. The first-order valence-corrected chi connectivity index (χ1v) is 11.3. The van der Waals surface area contributed by atoms with E-state index in [0.717, 1.165) is 15.4 Å². The van der Waals surface area contributed by atoms with Crippen molar-refractivity contribution < 1.29 is 19.4 Å². The maximum absolute atomic E-state index is 12.9. The Morgan fingerprint density at radius 2 is 1.89 bits per heavy atom. The average molecular weight is 491 g/mol. The van der Waals surface area contributed by atoms with E-state index in [1.165, 1.54) is 31.0 Å². The lowest BCUT2D eigenvalue weighted by molar-refractivity contribution is -0.143. The van der Waals surface area contributed by atoms with E-state index < -0.39 is 17.9 Å². The first-order chi connectivity index (χ1) is 16.8. The first kappa shape index (κ1) is 23.8. The molecule has 4 aromatic rings. The summed E-state index contributed by atoms with van der Waals surface area (Å²) in [6.45, 7) is 1.90. The van der Waals surface area contributed by atoms with Crippen LogP contribution in [-0.2, 0) is 9.53 Å². The molecule has 0 fully saturated rings. The topological polar surface area (TPSA) is 147 Å². The number of aromatic hydroxyl groups is 1. The maximum atomic E-state index is 12.9. The van der Waals surface area contributed by atoms with Crippen LogP contribution in [0.3, 0.4) is 0 Å². The number of carbonyl (C=O) groups excluding carboxylic acids is 2. The summed E-state index contributed by atoms with van der Waals surface area (Å²) in [6.07, 6.45) is 0. The smallest absolute Gasteiger partial charge is 0.333 e. The Morgan fingerprint density at radius 3 is 2.57 bits per heavy atom. The van der Waals surface area contributed by atoms with Gasteiger partial charge in [0.15, 0.2) is 6.04 Å². The highest BCUT2D eigenvalue weighted by atomic mass is 32.2. The van der Waals surface area contributed by atoms with Gasteiger partial charge in [-0.05, 0) is 60.5 Å². The summed E-state index contributed by atoms with van der Waals surface area (Å²) >= 11 is 1.37. The van der Waals surface area contributed by atoms with E-state index in [2.05, 4.69) is 15.3 Å². The van der Waals surface area contributed by atoms with Gasteiger partial charge >= 0.3 is 5.97 Å². The number of methoxy groups -OCH3 is 1. The second-order valence-corrected chi connectivity index (χ2v) is 8.79. The quantitative estimate of drug-likeness (QED) is 0.301. The number of ether oxygens (including phenoxy) is 1. The molecule has 0 unspecified atom stereocenters. The van der Waals surface area contributed by atoms with Crippen LogP contribution in [0.2, 0.25) is 0 Å². The molecule has 3 aromatic carbocycles. The molecule has 0 saturated carbocycles. The Kier molecular flexibility index (Phi) is 6.74. The molecule has 5 N–H and O–H groups in total. The van der Waals surface area contributed by atoms with Crippen LogP contribution in [0.25, 0.3) is 10.9 Å². The van der Waals surface area contributed by atoms with Crippen LogP contribution in [0.1, 0.15) is 27.5 Å². The van der Waals surface area contributed by atoms with Crippen molar-refractivity contribution in [1.29, 1.82) is 0 Å². The molecule has 0 spiro atoms. The number of nitrogens with zero attached hydrogens (tertiary/aromatic N) is 1. The van der Waals surface area contributed by atoms with Crippen LogP contribution in [0.5, 0.6) is 5.75 Å². The number of aryl methyl sites for hydroxylation is 1. The summed E-state index contributed by atoms with van der Waals surface area (Å²) < 4.78 is 4.81. The highest BCUT2D eigenvalue weighted by molar-refractivity contribution is 7.99. The highest BCUT2D eigenvalue weighted by Gasteiger charge is 2.24. The van der Waals surface area contributed by atoms with Gasteiger partial charge in [0.2, 0.25) is 5.95 Å². The molecule has 1 atom stereocenters. The molecule has 0 bridgehead atoms. The normalized spacial score (nSPS) is 11.7. The third-order valence-corrected chi connectivity index (χ3v) is 6.53. The van der Waals surface area contributed by atoms with Gasteiger partial charge in [0, 0.05) is 15.4 Å². The molecule has 35 heavy (non-hydrogen) atoms. The number of fused-ring (bicyclic) bond motifs is 1. The van der Waals surface area contributed by atoms with E-state index in [0.29, 0.717) is 22.0 Å². The second kappa shape index (κ2) is 9.90. The van der Waals surface area contributed by atoms with E-state index in [1.807, 2.05) is 13.0 Å². The number of benzene rings is 3. The number of nitrogens with two attached hydrogens (primary N) is 1. The van der Waals surface area contributed by atoms with Gasteiger partial charge < -0.3 is 20.9 Å². The van der Waals surface area contributed by atoms with E-state index in [4.69, 9.17) is 10.5 Å². The summed E-state index contributed by atoms with van der Waals surface area (Å²) in [5.74, 6) is -1.14. The van der Waals surface area contributed by atoms with Crippen molar-refractivity contribution in [1.82, 2.24) is 15.3 Å². The number of nitrogens with one attached hydrogen (secondary N) is 2. The van der Waals surface area contributed by atoms with Crippen molar-refractivity contribution in [3.8, 4) is 5.75 Å². The van der Waals surface area contributed by atoms with Crippen molar-refractivity contribution >= 4 is 40.5 Å². The number of anilines is 1. The lowest BCUT2D eigenvalue weighted by Gasteiger charge is -2.17. The van der Waals surface area contributed by atoms with Gasteiger partial charge in [-0.25, -0.2) is 9.78 Å². The lowest BCUT2D eigenvalue weighted by atomic mass is 10.1. The van der Waals surface area contributed by atoms with Gasteiger partial charge in [0.05, 0.1) is 18.0 Å². The van der Waals surface area contributed by atoms with Crippen LogP contribution >= 0.6 is 11.8 Å². The molecule has 1 aromatic heterocycles. The molecule has 0 aliphatic rings. The fourth-order valence-corrected chi connectivity index (χ4v) is 4.60. The number of aromatic amines is 1. The molecule has 1 heterocycles. The predicted octanol–water partition coefficient (Wildman–Crippen LogP) is 3.31. The summed E-state index contributed by atoms with van der Waals surface area (Å²) in [5, 5.41) is 12.8. The van der Waals surface area contributed by atoms with Crippen molar-refractivity contribution in [3.63, 3.8) is 0 Å². The number of aromatic nitrogens is 2. The molecule has 0 aliphatic heterocycles. The zero-order valence-corrected chi connectivity index (χ0v) is 19.7. The number of phenols is 1. The van der Waals surface area contributed by atoms with Crippen molar-refractivity contribution in [2.24, 2.45) is 0 Å². The van der Waals surface area contributed by atoms with Crippen molar-refractivity contribution in [2.75, 3.05) is 12.8 Å². The molecule has 0 saturated heterocycles. The minimum absolute atomic E-state index is 0.0347. The van der Waals surface area contributed by atoms with Gasteiger partial charge in [-0.15, -0.1) is 0 Å². The number of hydrogen-bond acceptors (Lipinski definition) is 8. The standard InChI is InChI=1S/C25H22N4O5S/c1-13-6-11-18-19(23(32)29-25(26)27-18)21(13)35-17-9-7-14(8-10-17)22(31)28-20(24(33)34-2)15-4-3-5-16(30)12-15/h3-12,20,30H,1-2H3,(H,28,31)(H3,26,27,29,32)/t20-/m0/s1. The van der Waals surface area contributed by atoms with Gasteiger partial charge in [0.25, 0.3) is 11.5 Å². The number of hydrogen-bond donors (Lipinski definition) is 4. The van der Waals surface area contributed by atoms with E-state index in [9.17, 15) is 19.5 Å². The molecule has 10 heteroatoms. The first-order valence-electron chi connectivity index (χ1n) is 10.5. The third-order valence-electron chi connectivity index (χ3n) is 5.29. The fraction of sp³-hybridized carbons (Fsp3) is 0.120. The Hall–Kier alpha value is -4.31. The summed E-state index contributed by atoms with van der Waals surface area (Å²) in [6, 6.07) is 15.3. The van der Waals surface area contributed by atoms with Crippen molar-refractivity contribution in [2.45, 2.75) is 22.8 Å². The molecule has 9 nitrogen and oxygen atoms in total. The predicted molar refractivity (Wildman–Crippen MR) is 132 cm³/mol. The van der Waals surface area contributed by atoms with Crippen LogP contribution in [0.15, 0.2) is 75.2 Å². The number of carbonyl (C=O) groups is 2. The minimum atomic E-state index is -1.08. The number of amides is 1. The minimum Gasteiger partial charge on any atom is -0.508 e. The van der Waals surface area contributed by atoms with Crippen LogP contribution in [0.4, 0.5) is 5.95 Å². The zero-order chi connectivity index (χ0) is 25.1. The molecule has 0 aliphatic carbocycles. The average Bonchev–Trinajstić information content (AvgIpc) is 2.84. The van der Waals surface area contributed by atoms with Crippen LogP contribution < -0.4 is 16.6 Å². The lowest BCUT2D eigenvalue weighted by Crippen LogP contribution is -2.34. The largest absolute Gasteiger partial charge is 0.508 e. The van der Waals surface area contributed by atoms with Gasteiger partial charge in [-0.2, -0.15) is 0 Å². The number of nitrogen functional groups attached to an aromatic ring is 1. The summed E-state index contributed by atoms with van der Waals surface area (Å²) in [5.41, 5.74) is 7.45. The van der Waals surface area contributed by atoms with Gasteiger partial charge in [0.1, 0.15) is 5.75 Å². The molecular formula is C25H22N4O5S. The maximum Gasteiger partial charge on any atom is 0.333 e. The zero-order valence-electron chi connectivity index (χ0n) is 18.9. The Balaban J connectivity index is 1.57. The Bertz CT molecular complexity index is 1480. The van der Waals surface area contributed by atoms with E-state index >= 15 is 0 Å². The number of esters is 1. The van der Waals surface area contributed by atoms with E-state index in [1.54, 1.807) is 42.5 Å². The third kappa shape index (κ3) is 5.12. The van der Waals surface area contributed by atoms with Crippen LogP contribution in [0, 0.1) is 6.92 Å². The number of phenolic OH excluding ortho intramolecular Hbond substituents is 1. The highest BCUT2D eigenvalue weighted by Crippen LogP contribution is 2.34. The summed E-state index contributed by atoms with van der Waals surface area (Å²) in [7, 11) is 1.22. The van der Waals surface area contributed by atoms with Crippen LogP contribution in [-0.4, -0.2) is 34.1 Å². The molecule has 4 rings (SSSR count). The molecule has 178 valence electrons. The van der Waals surface area contributed by atoms with Gasteiger partial charge in [-0.3, -0.25) is 14.6 Å². The second-order valence-electron chi connectivity index (χ2n) is 7.71. The summed E-state index contributed by atoms with van der Waals surface area (Å²) in [4.78, 5) is 45.9.